The molecule has 0 bridgehead atoms. The first-order chi connectivity index (χ1) is 11.0. The fourth-order valence-electron chi connectivity index (χ4n) is 2.01. The van der Waals surface area contributed by atoms with Gasteiger partial charge in [-0.1, -0.05) is 35.5 Å². The summed E-state index contributed by atoms with van der Waals surface area (Å²) in [6, 6.07) is 15.9. The lowest BCUT2D eigenvalue weighted by Crippen LogP contribution is -2.18. The largest absolute Gasteiger partial charge is 0.380 e. The third-order valence-electron chi connectivity index (χ3n) is 2.99. The molecule has 0 amide bonds. The minimum Gasteiger partial charge on any atom is -0.371 e. The van der Waals surface area contributed by atoms with Crippen LogP contribution in [0.15, 0.2) is 59.1 Å². The predicted molar refractivity (Wildman–Crippen MR) is 82.7 cm³/mol. The van der Waals surface area contributed by atoms with Gasteiger partial charge in [-0.3, -0.25) is 0 Å². The van der Waals surface area contributed by atoms with Crippen LogP contribution in [-0.4, -0.2) is 18.6 Å². The second kappa shape index (κ2) is 6.19. The fraction of sp³-hybridized carbons (Fsp3) is 0.0667. The smallest absolute Gasteiger partial charge is 0.371 e. The summed E-state index contributed by atoms with van der Waals surface area (Å²) in [6.45, 7) is 0. The molecule has 8 heteroatoms. The highest BCUT2D eigenvalue weighted by atomic mass is 32.2. The van der Waals surface area contributed by atoms with Crippen molar-refractivity contribution in [1.82, 2.24) is 10.1 Å². The van der Waals surface area contributed by atoms with Gasteiger partial charge in [0.05, 0.1) is 6.42 Å². The summed E-state index contributed by atoms with van der Waals surface area (Å²) in [5.74, 6) is 1.03. The maximum absolute atomic E-state index is 10.8. The number of rotatable bonds is 5. The zero-order chi connectivity index (χ0) is 16.3. The molecular formula is C15H13N3O4S. The topological polar surface area (TPSA) is 108 Å². The molecule has 7 nitrogen and oxygen atoms in total. The Kier molecular flexibility index (Phi) is 4.09. The molecule has 0 radical (unpaired) electrons. The number of nitrogens with zero attached hydrogens (tertiary/aromatic N) is 2. The van der Waals surface area contributed by atoms with Crippen molar-refractivity contribution in [3.8, 4) is 17.1 Å². The molecule has 0 fully saturated rings. The Morgan fingerprint density at radius 3 is 2.39 bits per heavy atom. The quantitative estimate of drug-likeness (QED) is 0.765. The minimum absolute atomic E-state index is 0.115. The Morgan fingerprint density at radius 2 is 1.74 bits per heavy atom. The standard InChI is InChI=1S/C15H13N3O4S/c16-23(19,20)22-13-8-6-12(7-9-13)15-17-14(21-18-15)10-11-4-2-1-3-5-11/h1-9H,10H2,(H2,16,19,20). The zero-order valence-corrected chi connectivity index (χ0v) is 12.7. The van der Waals surface area contributed by atoms with E-state index in [-0.39, 0.29) is 5.75 Å². The highest BCUT2D eigenvalue weighted by molar-refractivity contribution is 7.84. The molecule has 0 spiro atoms. The van der Waals surface area contributed by atoms with Crippen LogP contribution in [0.5, 0.6) is 5.75 Å². The average molecular weight is 331 g/mol. The first kappa shape index (κ1) is 15.2. The van der Waals surface area contributed by atoms with E-state index in [0.29, 0.717) is 23.7 Å². The lowest BCUT2D eigenvalue weighted by atomic mass is 10.1. The maximum Gasteiger partial charge on any atom is 0.380 e. The van der Waals surface area contributed by atoms with Gasteiger partial charge in [-0.05, 0) is 29.8 Å². The highest BCUT2D eigenvalue weighted by Gasteiger charge is 2.10. The van der Waals surface area contributed by atoms with E-state index in [1.165, 1.54) is 12.1 Å². The Morgan fingerprint density at radius 1 is 1.04 bits per heavy atom. The summed E-state index contributed by atoms with van der Waals surface area (Å²) in [5, 5.41) is 8.72. The summed E-state index contributed by atoms with van der Waals surface area (Å²) in [6.07, 6.45) is 0.542. The van der Waals surface area contributed by atoms with E-state index in [0.717, 1.165) is 5.56 Å². The van der Waals surface area contributed by atoms with Crippen molar-refractivity contribution in [3.63, 3.8) is 0 Å². The van der Waals surface area contributed by atoms with E-state index in [1.54, 1.807) is 12.1 Å². The van der Waals surface area contributed by atoms with E-state index in [4.69, 9.17) is 9.66 Å². The van der Waals surface area contributed by atoms with E-state index in [2.05, 4.69) is 14.3 Å². The van der Waals surface area contributed by atoms with Crippen LogP contribution in [0.4, 0.5) is 0 Å². The molecule has 0 aliphatic heterocycles. The first-order valence-corrected chi connectivity index (χ1v) is 8.16. The molecule has 3 rings (SSSR count). The van der Waals surface area contributed by atoms with Crippen molar-refractivity contribution in [2.45, 2.75) is 6.42 Å². The summed E-state index contributed by atoms with van der Waals surface area (Å²) in [7, 11) is -4.03. The van der Waals surface area contributed by atoms with Gasteiger partial charge in [0.15, 0.2) is 0 Å². The first-order valence-electron chi connectivity index (χ1n) is 6.69. The minimum atomic E-state index is -4.03. The Balaban J connectivity index is 1.75. The van der Waals surface area contributed by atoms with Crippen LogP contribution in [0, 0.1) is 0 Å². The molecule has 0 atom stereocenters. The van der Waals surface area contributed by atoms with Crippen LogP contribution in [0.1, 0.15) is 11.5 Å². The summed E-state index contributed by atoms with van der Waals surface area (Å²) in [5.41, 5.74) is 1.74. The molecule has 0 aliphatic rings. The van der Waals surface area contributed by atoms with Crippen LogP contribution < -0.4 is 9.32 Å². The molecule has 23 heavy (non-hydrogen) atoms. The van der Waals surface area contributed by atoms with Gasteiger partial charge in [-0.25, -0.2) is 0 Å². The SMILES string of the molecule is NS(=O)(=O)Oc1ccc(-c2noc(Cc3ccccc3)n2)cc1. The number of aromatic nitrogens is 2. The highest BCUT2D eigenvalue weighted by Crippen LogP contribution is 2.21. The van der Waals surface area contributed by atoms with Crippen molar-refractivity contribution in [3.05, 3.63) is 66.1 Å². The fourth-order valence-corrected chi connectivity index (χ4v) is 2.39. The molecule has 118 valence electrons. The van der Waals surface area contributed by atoms with Gasteiger partial charge in [-0.2, -0.15) is 18.5 Å². The van der Waals surface area contributed by atoms with E-state index >= 15 is 0 Å². The number of hydrogen-bond donors (Lipinski definition) is 1. The van der Waals surface area contributed by atoms with E-state index in [1.807, 2.05) is 30.3 Å². The molecule has 2 N–H and O–H groups in total. The monoisotopic (exact) mass is 331 g/mol. The van der Waals surface area contributed by atoms with Gasteiger partial charge < -0.3 is 8.71 Å². The second-order valence-electron chi connectivity index (χ2n) is 4.77. The Bertz CT molecular complexity index is 890. The number of nitrogens with two attached hydrogens (primary N) is 1. The van der Waals surface area contributed by atoms with Gasteiger partial charge in [0, 0.05) is 5.56 Å². The Labute approximate surface area is 133 Å². The third-order valence-corrected chi connectivity index (χ3v) is 3.42. The Hall–Kier alpha value is -2.71. The normalized spacial score (nSPS) is 11.3. The van der Waals surface area contributed by atoms with E-state index < -0.39 is 10.3 Å². The third kappa shape index (κ3) is 4.15. The molecule has 0 aliphatic carbocycles. The molecular weight excluding hydrogens is 318 g/mol. The zero-order valence-electron chi connectivity index (χ0n) is 11.9. The summed E-state index contributed by atoms with van der Waals surface area (Å²) in [4.78, 5) is 4.32. The van der Waals surface area contributed by atoms with Crippen molar-refractivity contribution >= 4 is 10.3 Å². The van der Waals surface area contributed by atoms with Crippen molar-refractivity contribution in [2.75, 3.05) is 0 Å². The van der Waals surface area contributed by atoms with Crippen molar-refractivity contribution in [2.24, 2.45) is 5.14 Å². The van der Waals surface area contributed by atoms with E-state index in [9.17, 15) is 8.42 Å². The molecule has 0 saturated heterocycles. The predicted octanol–water partition coefficient (Wildman–Crippen LogP) is 1.91. The summed E-state index contributed by atoms with van der Waals surface area (Å²) >= 11 is 0. The lowest BCUT2D eigenvalue weighted by molar-refractivity contribution is 0.385. The van der Waals surface area contributed by atoms with Crippen LogP contribution >= 0.6 is 0 Å². The van der Waals surface area contributed by atoms with Gasteiger partial charge in [0.2, 0.25) is 11.7 Å². The molecule has 0 unspecified atom stereocenters. The number of hydrogen-bond acceptors (Lipinski definition) is 6. The van der Waals surface area contributed by atoms with Crippen LogP contribution in [0.2, 0.25) is 0 Å². The number of benzene rings is 2. The molecule has 3 aromatic rings. The van der Waals surface area contributed by atoms with Crippen molar-refractivity contribution in [1.29, 1.82) is 0 Å². The average Bonchev–Trinajstić information content (AvgIpc) is 2.96. The molecule has 2 aromatic carbocycles. The summed E-state index contributed by atoms with van der Waals surface area (Å²) < 4.78 is 31.5. The molecule has 0 saturated carbocycles. The second-order valence-corrected chi connectivity index (χ2v) is 5.93. The van der Waals surface area contributed by atoms with Crippen LogP contribution in [0.3, 0.4) is 0 Å². The van der Waals surface area contributed by atoms with Crippen LogP contribution in [0.25, 0.3) is 11.4 Å². The maximum atomic E-state index is 10.8. The molecule has 1 heterocycles. The van der Waals surface area contributed by atoms with Gasteiger partial charge in [-0.15, -0.1) is 0 Å². The lowest BCUT2D eigenvalue weighted by Gasteiger charge is -2.02. The van der Waals surface area contributed by atoms with Crippen LogP contribution in [-0.2, 0) is 16.7 Å². The molecule has 1 aromatic heterocycles. The van der Waals surface area contributed by atoms with Gasteiger partial charge in [0.1, 0.15) is 5.75 Å². The van der Waals surface area contributed by atoms with Gasteiger partial charge in [0.25, 0.3) is 0 Å². The van der Waals surface area contributed by atoms with Crippen molar-refractivity contribution < 1.29 is 17.1 Å². The van der Waals surface area contributed by atoms with Gasteiger partial charge >= 0.3 is 10.3 Å².